The molecule has 4 heteroatoms. The standard InChI is InChI=1S/C21H26N2O2/c1-15-11-12-20(25-3)18(13-15)22-21(24)14-23(2)19-10-6-8-16-7-4-5-9-17(16)19/h4-5,7,9,11-13,19H,6,8,10,14H2,1-3H3,(H,22,24)/p+1/t19-/m0/s1. The number of methoxy groups -OCH3 is 1. The van der Waals surface area contributed by atoms with Crippen molar-refractivity contribution in [3.63, 3.8) is 0 Å². The number of carbonyl (C=O) groups excluding carboxylic acids is 1. The molecule has 0 saturated heterocycles. The van der Waals surface area contributed by atoms with Crippen LogP contribution in [-0.2, 0) is 11.2 Å². The van der Waals surface area contributed by atoms with Gasteiger partial charge in [-0.1, -0.05) is 30.3 Å². The Bertz CT molecular complexity index is 757. The quantitative estimate of drug-likeness (QED) is 0.879. The summed E-state index contributed by atoms with van der Waals surface area (Å²) in [5.41, 5.74) is 4.66. The highest BCUT2D eigenvalue weighted by atomic mass is 16.5. The fraction of sp³-hybridized carbons (Fsp3) is 0.381. The molecular formula is C21H27N2O2+. The molecule has 1 aliphatic carbocycles. The van der Waals surface area contributed by atoms with Gasteiger partial charge in [0.2, 0.25) is 0 Å². The van der Waals surface area contributed by atoms with E-state index in [2.05, 4.69) is 36.6 Å². The van der Waals surface area contributed by atoms with E-state index >= 15 is 0 Å². The first kappa shape index (κ1) is 17.5. The minimum Gasteiger partial charge on any atom is -0.495 e. The van der Waals surface area contributed by atoms with Crippen molar-refractivity contribution in [3.05, 3.63) is 59.2 Å². The van der Waals surface area contributed by atoms with E-state index in [1.807, 2.05) is 25.1 Å². The Labute approximate surface area is 149 Å². The Morgan fingerprint density at radius 1 is 1.28 bits per heavy atom. The minimum absolute atomic E-state index is 0.0180. The van der Waals surface area contributed by atoms with Crippen LogP contribution in [0.1, 0.15) is 35.6 Å². The number of quaternary nitrogens is 1. The first-order valence-corrected chi connectivity index (χ1v) is 8.93. The maximum atomic E-state index is 12.6. The molecule has 0 aliphatic heterocycles. The number of hydrogen-bond acceptors (Lipinski definition) is 2. The molecule has 25 heavy (non-hydrogen) atoms. The molecule has 1 unspecified atom stereocenters. The number of hydrogen-bond donors (Lipinski definition) is 2. The lowest BCUT2D eigenvalue weighted by atomic mass is 9.87. The third kappa shape index (κ3) is 4.02. The van der Waals surface area contributed by atoms with Gasteiger partial charge in [-0.25, -0.2) is 0 Å². The van der Waals surface area contributed by atoms with E-state index in [9.17, 15) is 4.79 Å². The van der Waals surface area contributed by atoms with Gasteiger partial charge in [0, 0.05) is 12.0 Å². The molecule has 0 heterocycles. The van der Waals surface area contributed by atoms with Gasteiger partial charge in [-0.2, -0.15) is 0 Å². The first-order valence-electron chi connectivity index (χ1n) is 8.93. The zero-order chi connectivity index (χ0) is 17.8. The zero-order valence-electron chi connectivity index (χ0n) is 15.3. The van der Waals surface area contributed by atoms with E-state index in [0.717, 1.165) is 24.1 Å². The van der Waals surface area contributed by atoms with Crippen LogP contribution in [0.25, 0.3) is 0 Å². The summed E-state index contributed by atoms with van der Waals surface area (Å²) in [7, 11) is 3.73. The summed E-state index contributed by atoms with van der Waals surface area (Å²) in [6, 6.07) is 14.8. The number of ether oxygens (including phenoxy) is 1. The molecule has 2 aromatic carbocycles. The lowest BCUT2D eigenvalue weighted by molar-refractivity contribution is -0.905. The van der Waals surface area contributed by atoms with Crippen LogP contribution in [0.2, 0.25) is 0 Å². The van der Waals surface area contributed by atoms with Crippen molar-refractivity contribution in [3.8, 4) is 5.75 Å². The Balaban J connectivity index is 1.69. The Kier molecular flexibility index (Phi) is 5.39. The SMILES string of the molecule is COc1ccc(C)cc1NC(=O)C[NH+](C)[C@H]1CCCc2ccccc21. The van der Waals surface area contributed by atoms with Crippen molar-refractivity contribution in [1.29, 1.82) is 0 Å². The second-order valence-corrected chi connectivity index (χ2v) is 6.92. The third-order valence-corrected chi connectivity index (χ3v) is 5.03. The largest absolute Gasteiger partial charge is 0.495 e. The molecule has 2 atom stereocenters. The lowest BCUT2D eigenvalue weighted by Crippen LogP contribution is -3.10. The van der Waals surface area contributed by atoms with Crippen molar-refractivity contribution < 1.29 is 14.4 Å². The van der Waals surface area contributed by atoms with Crippen molar-refractivity contribution >= 4 is 11.6 Å². The number of aryl methyl sites for hydroxylation is 2. The Hall–Kier alpha value is -2.33. The fourth-order valence-electron chi connectivity index (χ4n) is 3.76. The Morgan fingerprint density at radius 2 is 2.08 bits per heavy atom. The van der Waals surface area contributed by atoms with E-state index in [1.165, 1.54) is 22.4 Å². The van der Waals surface area contributed by atoms with Gasteiger partial charge in [-0.15, -0.1) is 0 Å². The molecule has 3 rings (SSSR count). The highest BCUT2D eigenvalue weighted by molar-refractivity contribution is 5.93. The maximum Gasteiger partial charge on any atom is 0.279 e. The average Bonchev–Trinajstić information content (AvgIpc) is 2.61. The summed E-state index contributed by atoms with van der Waals surface area (Å²) in [4.78, 5) is 13.8. The smallest absolute Gasteiger partial charge is 0.279 e. The first-order chi connectivity index (χ1) is 12.1. The van der Waals surface area contributed by atoms with Crippen molar-refractivity contribution in [1.82, 2.24) is 0 Å². The van der Waals surface area contributed by atoms with Crippen LogP contribution in [0.5, 0.6) is 5.75 Å². The molecule has 132 valence electrons. The molecule has 1 amide bonds. The van der Waals surface area contributed by atoms with Crippen LogP contribution in [0.4, 0.5) is 5.69 Å². The number of benzene rings is 2. The topological polar surface area (TPSA) is 42.8 Å². The average molecular weight is 339 g/mol. The van der Waals surface area contributed by atoms with Crippen LogP contribution in [0.15, 0.2) is 42.5 Å². The van der Waals surface area contributed by atoms with Crippen LogP contribution < -0.4 is 15.0 Å². The highest BCUT2D eigenvalue weighted by Crippen LogP contribution is 2.27. The summed E-state index contributed by atoms with van der Waals surface area (Å²) < 4.78 is 5.35. The summed E-state index contributed by atoms with van der Waals surface area (Å²) in [5.74, 6) is 0.712. The number of rotatable bonds is 5. The van der Waals surface area contributed by atoms with Crippen LogP contribution in [0, 0.1) is 6.92 Å². The molecule has 4 nitrogen and oxygen atoms in total. The summed E-state index contributed by atoms with van der Waals surface area (Å²) in [5, 5.41) is 3.01. The van der Waals surface area contributed by atoms with Gasteiger partial charge in [0.1, 0.15) is 11.8 Å². The van der Waals surface area contributed by atoms with E-state index < -0.39 is 0 Å². The van der Waals surface area contributed by atoms with Crippen molar-refractivity contribution in [2.75, 3.05) is 26.0 Å². The van der Waals surface area contributed by atoms with Gasteiger partial charge in [0.15, 0.2) is 6.54 Å². The molecule has 0 aromatic heterocycles. The predicted octanol–water partition coefficient (Wildman–Crippen LogP) is 2.53. The highest BCUT2D eigenvalue weighted by Gasteiger charge is 2.28. The number of likely N-dealkylation sites (N-methyl/N-ethyl adjacent to an activating group) is 1. The van der Waals surface area contributed by atoms with Crippen LogP contribution in [-0.4, -0.2) is 26.6 Å². The van der Waals surface area contributed by atoms with Gasteiger partial charge in [-0.3, -0.25) is 4.79 Å². The van der Waals surface area contributed by atoms with Crippen molar-refractivity contribution in [2.24, 2.45) is 0 Å². The van der Waals surface area contributed by atoms with Gasteiger partial charge < -0.3 is 15.0 Å². The molecular weight excluding hydrogens is 312 g/mol. The molecule has 0 saturated carbocycles. The molecule has 2 N–H and O–H groups in total. The summed E-state index contributed by atoms with van der Waals surface area (Å²) in [6.45, 7) is 2.45. The van der Waals surface area contributed by atoms with E-state index in [1.54, 1.807) is 7.11 Å². The molecule has 2 aromatic rings. The van der Waals surface area contributed by atoms with Crippen LogP contribution >= 0.6 is 0 Å². The van der Waals surface area contributed by atoms with E-state index in [4.69, 9.17) is 4.74 Å². The number of amides is 1. The predicted molar refractivity (Wildman–Crippen MR) is 100 cm³/mol. The minimum atomic E-state index is 0.0180. The van der Waals surface area contributed by atoms with Crippen LogP contribution in [0.3, 0.4) is 0 Å². The lowest BCUT2D eigenvalue weighted by Gasteiger charge is -2.30. The van der Waals surface area contributed by atoms with Gasteiger partial charge >= 0.3 is 0 Å². The van der Waals surface area contributed by atoms with Gasteiger partial charge in [0.05, 0.1) is 19.8 Å². The third-order valence-electron chi connectivity index (χ3n) is 5.03. The summed E-state index contributed by atoms with van der Waals surface area (Å²) in [6.07, 6.45) is 3.46. The molecule has 0 radical (unpaired) electrons. The number of nitrogens with one attached hydrogen (secondary N) is 2. The maximum absolute atomic E-state index is 12.6. The number of carbonyl (C=O) groups is 1. The second-order valence-electron chi connectivity index (χ2n) is 6.92. The zero-order valence-corrected chi connectivity index (χ0v) is 15.3. The number of anilines is 1. The van der Waals surface area contributed by atoms with Crippen molar-refractivity contribution in [2.45, 2.75) is 32.2 Å². The molecule has 0 spiro atoms. The normalized spacial score (nSPS) is 17.5. The monoisotopic (exact) mass is 339 g/mol. The van der Waals surface area contributed by atoms with E-state index in [-0.39, 0.29) is 5.91 Å². The number of fused-ring (bicyclic) bond motifs is 1. The summed E-state index contributed by atoms with van der Waals surface area (Å²) >= 11 is 0. The van der Waals surface area contributed by atoms with E-state index in [0.29, 0.717) is 18.3 Å². The molecule has 0 fully saturated rings. The second kappa shape index (κ2) is 7.70. The molecule has 0 bridgehead atoms. The Morgan fingerprint density at radius 3 is 2.88 bits per heavy atom. The fourth-order valence-corrected chi connectivity index (χ4v) is 3.76. The van der Waals surface area contributed by atoms with Gasteiger partial charge in [0.25, 0.3) is 5.91 Å². The molecule has 1 aliphatic rings. The van der Waals surface area contributed by atoms with Gasteiger partial charge in [-0.05, 0) is 43.0 Å².